The van der Waals surface area contributed by atoms with Crippen molar-refractivity contribution in [3.8, 4) is 0 Å². The van der Waals surface area contributed by atoms with Crippen molar-refractivity contribution in [2.24, 2.45) is 23.2 Å². The van der Waals surface area contributed by atoms with Gasteiger partial charge in [0.1, 0.15) is 0 Å². The maximum absolute atomic E-state index is 2.60. The number of benzene rings is 1. The van der Waals surface area contributed by atoms with E-state index in [0.717, 1.165) is 23.7 Å². The van der Waals surface area contributed by atoms with Crippen LogP contribution in [0.25, 0.3) is 0 Å². The van der Waals surface area contributed by atoms with E-state index >= 15 is 0 Å². The van der Waals surface area contributed by atoms with Crippen LogP contribution in [0, 0.1) is 23.2 Å². The lowest BCUT2D eigenvalue weighted by molar-refractivity contribution is 0.0337. The quantitative estimate of drug-likeness (QED) is 0.598. The molecule has 4 rings (SSSR count). The Morgan fingerprint density at radius 3 is 2.79 bits per heavy atom. The molecule has 0 aromatic heterocycles. The molecule has 0 N–H and O–H groups in total. The molecule has 0 nitrogen and oxygen atoms in total. The van der Waals surface area contributed by atoms with Gasteiger partial charge in [0.15, 0.2) is 0 Å². The van der Waals surface area contributed by atoms with Gasteiger partial charge in [0.2, 0.25) is 0 Å². The highest BCUT2D eigenvalue weighted by molar-refractivity contribution is 5.34. The Balaban J connectivity index is 1.72. The first-order chi connectivity index (χ1) is 9.20. The second-order valence-electron chi connectivity index (χ2n) is 7.64. The molecule has 0 spiro atoms. The van der Waals surface area contributed by atoms with Crippen LogP contribution in [0.2, 0.25) is 0 Å². The minimum absolute atomic E-state index is 0.660. The normalized spacial score (nSPS) is 44.3. The lowest BCUT2D eigenvalue weighted by atomic mass is 9.54. The molecule has 0 saturated heterocycles. The first-order valence-corrected chi connectivity index (χ1v) is 8.28. The highest BCUT2D eigenvalue weighted by atomic mass is 14.6. The minimum Gasteiger partial charge on any atom is -0.0620 e. The zero-order valence-electron chi connectivity index (χ0n) is 12.4. The van der Waals surface area contributed by atoms with Crippen molar-refractivity contribution in [1.82, 2.24) is 0 Å². The van der Waals surface area contributed by atoms with E-state index in [0.29, 0.717) is 5.41 Å². The Morgan fingerprint density at radius 2 is 1.89 bits per heavy atom. The van der Waals surface area contributed by atoms with Crippen LogP contribution in [0.5, 0.6) is 0 Å². The summed E-state index contributed by atoms with van der Waals surface area (Å²) in [5, 5.41) is 0. The molecule has 102 valence electrons. The maximum Gasteiger partial charge on any atom is -0.0128 e. The number of rotatable bonds is 0. The highest BCUT2D eigenvalue weighted by Crippen LogP contribution is 2.62. The summed E-state index contributed by atoms with van der Waals surface area (Å²) in [6.45, 7) is 5.11. The summed E-state index contributed by atoms with van der Waals surface area (Å²) >= 11 is 0. The third kappa shape index (κ3) is 1.58. The van der Waals surface area contributed by atoms with E-state index in [1.165, 1.54) is 38.5 Å². The van der Waals surface area contributed by atoms with Crippen LogP contribution in [-0.2, 0) is 6.42 Å². The van der Waals surface area contributed by atoms with Gasteiger partial charge in [-0.15, -0.1) is 0 Å². The Morgan fingerprint density at radius 1 is 1.05 bits per heavy atom. The zero-order chi connectivity index (χ0) is 13.0. The summed E-state index contributed by atoms with van der Waals surface area (Å²) in [5.74, 6) is 3.83. The van der Waals surface area contributed by atoms with Crippen molar-refractivity contribution < 1.29 is 0 Å². The molecule has 0 bridgehead atoms. The van der Waals surface area contributed by atoms with Crippen molar-refractivity contribution in [2.45, 2.75) is 58.3 Å². The Hall–Kier alpha value is -0.780. The van der Waals surface area contributed by atoms with Gasteiger partial charge in [0.25, 0.3) is 0 Å². The van der Waals surface area contributed by atoms with Crippen LogP contribution >= 0.6 is 0 Å². The Kier molecular flexibility index (Phi) is 2.59. The van der Waals surface area contributed by atoms with Crippen LogP contribution in [0.3, 0.4) is 0 Å². The third-order valence-corrected chi connectivity index (χ3v) is 7.11. The second kappa shape index (κ2) is 4.11. The van der Waals surface area contributed by atoms with E-state index in [1.807, 2.05) is 0 Å². The first-order valence-electron chi connectivity index (χ1n) is 8.28. The molecule has 0 amide bonds. The largest absolute Gasteiger partial charge is 0.0620 e. The molecule has 19 heavy (non-hydrogen) atoms. The van der Waals surface area contributed by atoms with Crippen molar-refractivity contribution in [3.05, 3.63) is 35.4 Å². The van der Waals surface area contributed by atoms with Gasteiger partial charge in [-0.05, 0) is 78.7 Å². The number of hydrogen-bond donors (Lipinski definition) is 0. The van der Waals surface area contributed by atoms with Gasteiger partial charge in [0.05, 0.1) is 0 Å². The van der Waals surface area contributed by atoms with Crippen LogP contribution in [-0.4, -0.2) is 0 Å². The molecule has 2 saturated carbocycles. The predicted molar refractivity (Wildman–Crippen MR) is 80.2 cm³/mol. The average molecular weight is 254 g/mol. The van der Waals surface area contributed by atoms with Crippen molar-refractivity contribution in [3.63, 3.8) is 0 Å². The van der Waals surface area contributed by atoms with Crippen molar-refractivity contribution in [2.75, 3.05) is 0 Å². The summed E-state index contributed by atoms with van der Waals surface area (Å²) in [4.78, 5) is 0. The van der Waals surface area contributed by atoms with Gasteiger partial charge in [-0.25, -0.2) is 0 Å². The lowest BCUT2D eigenvalue weighted by Gasteiger charge is -2.50. The van der Waals surface area contributed by atoms with Gasteiger partial charge in [-0.3, -0.25) is 0 Å². The Bertz CT molecular complexity index is 489. The van der Waals surface area contributed by atoms with Gasteiger partial charge in [-0.2, -0.15) is 0 Å². The summed E-state index contributed by atoms with van der Waals surface area (Å²) in [6.07, 6.45) is 8.67. The highest BCUT2D eigenvalue weighted by Gasteiger charge is 2.53. The lowest BCUT2D eigenvalue weighted by Crippen LogP contribution is -2.41. The molecule has 5 atom stereocenters. The second-order valence-corrected chi connectivity index (χ2v) is 7.64. The predicted octanol–water partition coefficient (Wildman–Crippen LogP) is 5.18. The number of hydrogen-bond acceptors (Lipinski definition) is 0. The molecule has 0 aliphatic heterocycles. The summed E-state index contributed by atoms with van der Waals surface area (Å²) < 4.78 is 0. The fraction of sp³-hybridized carbons (Fsp3) is 0.684. The molecule has 5 unspecified atom stereocenters. The molecule has 2 fully saturated rings. The van der Waals surface area contributed by atoms with Gasteiger partial charge < -0.3 is 0 Å². The zero-order valence-corrected chi connectivity index (χ0v) is 12.4. The van der Waals surface area contributed by atoms with E-state index < -0.39 is 0 Å². The van der Waals surface area contributed by atoms with E-state index in [1.54, 1.807) is 11.1 Å². The third-order valence-electron chi connectivity index (χ3n) is 7.11. The Labute approximate surface area is 117 Å². The molecule has 3 aliphatic carbocycles. The molecular weight excluding hydrogens is 228 g/mol. The molecule has 0 radical (unpaired) electrons. The molecular formula is C19H26. The monoisotopic (exact) mass is 254 g/mol. The van der Waals surface area contributed by atoms with Crippen LogP contribution in [0.15, 0.2) is 24.3 Å². The van der Waals surface area contributed by atoms with E-state index in [-0.39, 0.29) is 0 Å². The molecule has 3 aliphatic rings. The number of aryl methyl sites for hydroxylation is 1. The van der Waals surface area contributed by atoms with Gasteiger partial charge in [0, 0.05) is 0 Å². The molecule has 0 heterocycles. The average Bonchev–Trinajstić information content (AvgIpc) is 2.75. The van der Waals surface area contributed by atoms with Crippen molar-refractivity contribution in [1.29, 1.82) is 0 Å². The van der Waals surface area contributed by atoms with E-state index in [4.69, 9.17) is 0 Å². The first kappa shape index (κ1) is 12.0. The fourth-order valence-electron chi connectivity index (χ4n) is 5.78. The smallest absolute Gasteiger partial charge is 0.0128 e. The SMILES string of the molecule is CC1CCC2C3CCc4ccccc4C3CCC12C. The molecule has 0 heteroatoms. The van der Waals surface area contributed by atoms with Gasteiger partial charge >= 0.3 is 0 Å². The topological polar surface area (TPSA) is 0 Å². The number of fused-ring (bicyclic) bond motifs is 5. The summed E-state index contributed by atoms with van der Waals surface area (Å²) in [5.41, 5.74) is 4.02. The van der Waals surface area contributed by atoms with Crippen molar-refractivity contribution >= 4 is 0 Å². The minimum atomic E-state index is 0.660. The van der Waals surface area contributed by atoms with Crippen LogP contribution in [0.4, 0.5) is 0 Å². The summed E-state index contributed by atoms with van der Waals surface area (Å²) in [6, 6.07) is 9.28. The van der Waals surface area contributed by atoms with Crippen LogP contribution in [0.1, 0.15) is 63.0 Å². The fourth-order valence-corrected chi connectivity index (χ4v) is 5.78. The van der Waals surface area contributed by atoms with E-state index in [9.17, 15) is 0 Å². The van der Waals surface area contributed by atoms with E-state index in [2.05, 4.69) is 38.1 Å². The maximum atomic E-state index is 2.60. The van der Waals surface area contributed by atoms with Crippen LogP contribution < -0.4 is 0 Å². The molecule has 1 aromatic rings. The summed E-state index contributed by atoms with van der Waals surface area (Å²) in [7, 11) is 0. The standard InChI is InChI=1S/C19H26/c1-13-7-10-18-17-9-8-14-5-3-4-6-15(14)16(17)11-12-19(13,18)2/h3-6,13,16-18H,7-12H2,1-2H3. The van der Waals surface area contributed by atoms with Gasteiger partial charge in [-0.1, -0.05) is 38.1 Å². The molecule has 1 aromatic carbocycles.